The topological polar surface area (TPSA) is 101 Å². The van der Waals surface area contributed by atoms with Gasteiger partial charge < -0.3 is 10.4 Å². The summed E-state index contributed by atoms with van der Waals surface area (Å²) in [5.41, 5.74) is 0.0310. The largest absolute Gasteiger partial charge is 0.481 e. The third-order valence-corrected chi connectivity index (χ3v) is 5.13. The van der Waals surface area contributed by atoms with Crippen LogP contribution >= 0.6 is 0 Å². The molecule has 0 saturated heterocycles. The van der Waals surface area contributed by atoms with Gasteiger partial charge in [0.25, 0.3) is 5.91 Å². The Balaban J connectivity index is 3.10. The van der Waals surface area contributed by atoms with Crippen LogP contribution in [0.4, 0.5) is 0 Å². The standard InChI is InChI=1S/C14H19NO5S/c1-9(2)21(19,20)12-7-5-4-6-11(12)14(18)15-10(3)8-13(16)17/h4-7,9-10H,8H2,1-3H3,(H,15,18)(H,16,17). The van der Waals surface area contributed by atoms with E-state index in [1.54, 1.807) is 19.1 Å². The van der Waals surface area contributed by atoms with Crippen LogP contribution in [-0.4, -0.2) is 36.7 Å². The fourth-order valence-corrected chi connectivity index (χ4v) is 3.01. The minimum Gasteiger partial charge on any atom is -0.481 e. The monoisotopic (exact) mass is 313 g/mol. The van der Waals surface area contributed by atoms with Gasteiger partial charge in [-0.3, -0.25) is 9.59 Å². The van der Waals surface area contributed by atoms with Gasteiger partial charge in [0.2, 0.25) is 0 Å². The molecule has 7 heteroatoms. The number of sulfone groups is 1. The van der Waals surface area contributed by atoms with Crippen LogP contribution in [0.15, 0.2) is 29.2 Å². The predicted molar refractivity (Wildman–Crippen MR) is 77.9 cm³/mol. The zero-order valence-corrected chi connectivity index (χ0v) is 13.0. The van der Waals surface area contributed by atoms with Gasteiger partial charge in [0.05, 0.1) is 22.1 Å². The number of rotatable bonds is 6. The zero-order valence-electron chi connectivity index (χ0n) is 12.2. The smallest absolute Gasteiger partial charge is 0.305 e. The lowest BCUT2D eigenvalue weighted by atomic mass is 10.2. The van der Waals surface area contributed by atoms with Crippen LogP contribution in [0, 0.1) is 0 Å². The predicted octanol–water partition coefficient (Wildman–Crippen LogP) is 1.46. The molecule has 1 atom stereocenters. The molecule has 1 amide bonds. The molecule has 0 aliphatic rings. The summed E-state index contributed by atoms with van der Waals surface area (Å²) in [7, 11) is -3.59. The van der Waals surface area contributed by atoms with Gasteiger partial charge in [-0.25, -0.2) is 8.42 Å². The van der Waals surface area contributed by atoms with E-state index in [4.69, 9.17) is 5.11 Å². The number of nitrogens with one attached hydrogen (secondary N) is 1. The fraction of sp³-hybridized carbons (Fsp3) is 0.429. The highest BCUT2D eigenvalue weighted by Crippen LogP contribution is 2.20. The Labute approximate surface area is 124 Å². The van der Waals surface area contributed by atoms with Crippen molar-refractivity contribution in [2.75, 3.05) is 0 Å². The van der Waals surface area contributed by atoms with Crippen molar-refractivity contribution in [3.05, 3.63) is 29.8 Å². The van der Waals surface area contributed by atoms with Crippen molar-refractivity contribution in [3.63, 3.8) is 0 Å². The third kappa shape index (κ3) is 4.29. The van der Waals surface area contributed by atoms with Crippen molar-refractivity contribution in [2.24, 2.45) is 0 Å². The van der Waals surface area contributed by atoms with Crippen molar-refractivity contribution < 1.29 is 23.1 Å². The van der Waals surface area contributed by atoms with Gasteiger partial charge >= 0.3 is 5.97 Å². The van der Waals surface area contributed by atoms with Gasteiger partial charge in [-0.05, 0) is 32.9 Å². The molecule has 1 aromatic carbocycles. The molecule has 0 heterocycles. The van der Waals surface area contributed by atoms with Crippen molar-refractivity contribution in [1.82, 2.24) is 5.32 Å². The van der Waals surface area contributed by atoms with E-state index in [0.717, 1.165) is 0 Å². The number of carboxylic acids is 1. The van der Waals surface area contributed by atoms with Crippen LogP contribution < -0.4 is 5.32 Å². The van der Waals surface area contributed by atoms with Crippen LogP contribution in [0.3, 0.4) is 0 Å². The van der Waals surface area contributed by atoms with E-state index >= 15 is 0 Å². The van der Waals surface area contributed by atoms with Gasteiger partial charge in [-0.15, -0.1) is 0 Å². The summed E-state index contributed by atoms with van der Waals surface area (Å²) >= 11 is 0. The second-order valence-electron chi connectivity index (χ2n) is 5.06. The zero-order chi connectivity index (χ0) is 16.2. The van der Waals surface area contributed by atoms with E-state index in [1.165, 1.54) is 26.0 Å². The molecule has 116 valence electrons. The number of aliphatic carboxylic acids is 1. The average Bonchev–Trinajstić information content (AvgIpc) is 2.37. The van der Waals surface area contributed by atoms with Crippen LogP contribution in [0.5, 0.6) is 0 Å². The summed E-state index contributed by atoms with van der Waals surface area (Å²) in [5, 5.41) is 10.5. The lowest BCUT2D eigenvalue weighted by Gasteiger charge is -2.15. The minimum atomic E-state index is -3.59. The average molecular weight is 313 g/mol. The molecular formula is C14H19NO5S. The van der Waals surface area contributed by atoms with Gasteiger partial charge in [0.15, 0.2) is 9.84 Å². The Bertz CT molecular complexity index is 637. The maximum atomic E-state index is 12.2. The van der Waals surface area contributed by atoms with Gasteiger partial charge in [0, 0.05) is 6.04 Å². The lowest BCUT2D eigenvalue weighted by Crippen LogP contribution is -2.35. The molecule has 1 aromatic rings. The summed E-state index contributed by atoms with van der Waals surface area (Å²) in [5.74, 6) is -1.63. The van der Waals surface area contributed by atoms with Crippen molar-refractivity contribution in [1.29, 1.82) is 0 Å². The molecule has 2 N–H and O–H groups in total. The number of carboxylic acid groups (broad SMARTS) is 1. The van der Waals surface area contributed by atoms with Crippen LogP contribution in [0.2, 0.25) is 0 Å². The van der Waals surface area contributed by atoms with Gasteiger partial charge in [-0.2, -0.15) is 0 Å². The number of hydrogen-bond acceptors (Lipinski definition) is 4. The summed E-state index contributed by atoms with van der Waals surface area (Å²) in [4.78, 5) is 22.7. The van der Waals surface area contributed by atoms with Crippen molar-refractivity contribution >= 4 is 21.7 Å². The quantitative estimate of drug-likeness (QED) is 0.828. The number of amides is 1. The van der Waals surface area contributed by atoms with Gasteiger partial charge in [-0.1, -0.05) is 12.1 Å². The number of carbonyl (C=O) groups is 2. The second-order valence-corrected chi connectivity index (χ2v) is 7.53. The third-order valence-electron chi connectivity index (χ3n) is 2.92. The van der Waals surface area contributed by atoms with Gasteiger partial charge in [0.1, 0.15) is 0 Å². The summed E-state index contributed by atoms with van der Waals surface area (Å²) in [6, 6.07) is 5.32. The maximum absolute atomic E-state index is 12.2. The molecule has 6 nitrogen and oxygen atoms in total. The molecule has 0 aliphatic carbocycles. The Morgan fingerprint density at radius 1 is 1.19 bits per heavy atom. The molecule has 0 fully saturated rings. The summed E-state index contributed by atoms with van der Waals surface area (Å²) in [6.07, 6.45) is -0.231. The number of carbonyl (C=O) groups excluding carboxylic acids is 1. The molecule has 0 aromatic heterocycles. The Morgan fingerprint density at radius 3 is 2.29 bits per heavy atom. The molecular weight excluding hydrogens is 294 g/mol. The molecule has 0 spiro atoms. The SMILES string of the molecule is CC(CC(=O)O)NC(=O)c1ccccc1S(=O)(=O)C(C)C. The second kappa shape index (κ2) is 6.71. The summed E-state index contributed by atoms with van der Waals surface area (Å²) < 4.78 is 24.5. The summed E-state index contributed by atoms with van der Waals surface area (Å²) in [6.45, 7) is 4.62. The molecule has 1 unspecified atom stereocenters. The highest BCUT2D eigenvalue weighted by molar-refractivity contribution is 7.92. The van der Waals surface area contributed by atoms with Crippen LogP contribution in [-0.2, 0) is 14.6 Å². The molecule has 21 heavy (non-hydrogen) atoms. The first kappa shape index (κ1) is 17.2. The molecule has 0 aliphatic heterocycles. The van der Waals surface area contributed by atoms with E-state index in [0.29, 0.717) is 0 Å². The van der Waals surface area contributed by atoms with Crippen LogP contribution in [0.25, 0.3) is 0 Å². The Kier molecular flexibility index (Phi) is 5.48. The first-order valence-corrected chi connectivity index (χ1v) is 8.06. The molecule has 0 saturated carbocycles. The maximum Gasteiger partial charge on any atom is 0.305 e. The normalized spacial score (nSPS) is 13.0. The Hall–Kier alpha value is -1.89. The minimum absolute atomic E-state index is 0.0310. The van der Waals surface area contributed by atoms with Crippen molar-refractivity contribution in [3.8, 4) is 0 Å². The number of hydrogen-bond donors (Lipinski definition) is 2. The van der Waals surface area contributed by atoms with Crippen molar-refractivity contribution in [2.45, 2.75) is 43.4 Å². The van der Waals surface area contributed by atoms with Crippen LogP contribution in [0.1, 0.15) is 37.6 Å². The lowest BCUT2D eigenvalue weighted by molar-refractivity contribution is -0.137. The first-order chi connectivity index (χ1) is 9.66. The van der Waals surface area contributed by atoms with E-state index in [1.807, 2.05) is 0 Å². The van der Waals surface area contributed by atoms with E-state index in [-0.39, 0.29) is 16.9 Å². The first-order valence-electron chi connectivity index (χ1n) is 6.51. The number of benzene rings is 1. The highest BCUT2D eigenvalue weighted by atomic mass is 32.2. The fourth-order valence-electron chi connectivity index (χ4n) is 1.77. The highest BCUT2D eigenvalue weighted by Gasteiger charge is 2.25. The Morgan fingerprint density at radius 2 is 1.76 bits per heavy atom. The van der Waals surface area contributed by atoms with E-state index in [9.17, 15) is 18.0 Å². The van der Waals surface area contributed by atoms with E-state index in [2.05, 4.69) is 5.32 Å². The van der Waals surface area contributed by atoms with E-state index < -0.39 is 33.0 Å². The molecule has 0 radical (unpaired) electrons. The molecule has 1 rings (SSSR count). The molecule has 0 bridgehead atoms.